The van der Waals surface area contributed by atoms with Gasteiger partial charge in [0, 0.05) is 19.4 Å². The van der Waals surface area contributed by atoms with E-state index in [1.807, 2.05) is 42.5 Å². The molecule has 1 N–H and O–H groups in total. The lowest BCUT2D eigenvalue weighted by Gasteiger charge is -2.12. The Kier molecular flexibility index (Phi) is 5.26. The molecule has 0 aliphatic heterocycles. The quantitative estimate of drug-likeness (QED) is 0.713. The van der Waals surface area contributed by atoms with Crippen molar-refractivity contribution in [1.29, 1.82) is 0 Å². The van der Waals surface area contributed by atoms with Crippen molar-refractivity contribution in [3.8, 4) is 0 Å². The Bertz CT molecular complexity index is 763. The molecule has 24 heavy (non-hydrogen) atoms. The summed E-state index contributed by atoms with van der Waals surface area (Å²) in [7, 11) is 0. The predicted molar refractivity (Wildman–Crippen MR) is 94.8 cm³/mol. The zero-order valence-electron chi connectivity index (χ0n) is 13.9. The van der Waals surface area contributed by atoms with Gasteiger partial charge in [0.05, 0.1) is 0 Å². The van der Waals surface area contributed by atoms with Crippen molar-refractivity contribution in [3.63, 3.8) is 0 Å². The van der Waals surface area contributed by atoms with Gasteiger partial charge in [-0.2, -0.15) is 0 Å². The standard InChI is InChI=1S/C20H22N2O2/c1-15(16-8-3-2-4-9-16)14-21-19(23)12-7-13-20-22-17-10-5-6-11-18(17)24-20/h2-6,8-11,15H,7,12-14H2,1H3,(H,21,23)/t15-/m1/s1. The van der Waals surface area contributed by atoms with Crippen LogP contribution in [-0.4, -0.2) is 17.4 Å². The highest BCUT2D eigenvalue weighted by atomic mass is 16.3. The lowest BCUT2D eigenvalue weighted by Crippen LogP contribution is -2.27. The molecule has 1 aromatic heterocycles. The van der Waals surface area contributed by atoms with Gasteiger partial charge in [0.1, 0.15) is 5.52 Å². The lowest BCUT2D eigenvalue weighted by atomic mass is 10.0. The molecule has 4 nitrogen and oxygen atoms in total. The maximum Gasteiger partial charge on any atom is 0.220 e. The Hall–Kier alpha value is -2.62. The fourth-order valence-electron chi connectivity index (χ4n) is 2.68. The van der Waals surface area contributed by atoms with Crippen molar-refractivity contribution in [2.45, 2.75) is 32.1 Å². The summed E-state index contributed by atoms with van der Waals surface area (Å²) in [6.45, 7) is 2.78. The van der Waals surface area contributed by atoms with Gasteiger partial charge in [-0.15, -0.1) is 0 Å². The number of hydrogen-bond acceptors (Lipinski definition) is 3. The van der Waals surface area contributed by atoms with E-state index in [-0.39, 0.29) is 5.91 Å². The number of benzene rings is 2. The van der Waals surface area contributed by atoms with E-state index in [1.54, 1.807) is 0 Å². The average Bonchev–Trinajstić information content (AvgIpc) is 3.03. The summed E-state index contributed by atoms with van der Waals surface area (Å²) in [5.74, 6) is 1.09. The third kappa shape index (κ3) is 4.22. The minimum Gasteiger partial charge on any atom is -0.441 e. The van der Waals surface area contributed by atoms with Gasteiger partial charge < -0.3 is 9.73 Å². The third-order valence-corrected chi connectivity index (χ3v) is 4.11. The number of fused-ring (bicyclic) bond motifs is 1. The molecule has 124 valence electrons. The first-order valence-electron chi connectivity index (χ1n) is 8.38. The maximum atomic E-state index is 12.0. The first-order chi connectivity index (χ1) is 11.7. The second kappa shape index (κ2) is 7.77. The molecule has 1 atom stereocenters. The van der Waals surface area contributed by atoms with Crippen molar-refractivity contribution in [2.24, 2.45) is 0 Å². The van der Waals surface area contributed by atoms with Crippen molar-refractivity contribution >= 4 is 17.0 Å². The molecular weight excluding hydrogens is 300 g/mol. The Labute approximate surface area is 141 Å². The summed E-state index contributed by atoms with van der Waals surface area (Å²) < 4.78 is 5.66. The van der Waals surface area contributed by atoms with Gasteiger partial charge in [0.25, 0.3) is 0 Å². The fourth-order valence-corrected chi connectivity index (χ4v) is 2.68. The SMILES string of the molecule is C[C@H](CNC(=O)CCCc1nc2ccccc2o1)c1ccccc1. The summed E-state index contributed by atoms with van der Waals surface area (Å²) in [6.07, 6.45) is 1.90. The molecule has 0 spiro atoms. The van der Waals surface area contributed by atoms with Gasteiger partial charge >= 0.3 is 0 Å². The number of para-hydroxylation sites is 2. The first-order valence-corrected chi connectivity index (χ1v) is 8.38. The molecule has 2 aromatic carbocycles. The van der Waals surface area contributed by atoms with Crippen LogP contribution in [0.1, 0.15) is 37.1 Å². The second-order valence-electron chi connectivity index (χ2n) is 6.04. The molecule has 3 aromatic rings. The molecule has 0 aliphatic rings. The molecule has 0 aliphatic carbocycles. The topological polar surface area (TPSA) is 55.1 Å². The van der Waals surface area contributed by atoms with E-state index in [9.17, 15) is 4.79 Å². The average molecular weight is 322 g/mol. The van der Waals surface area contributed by atoms with Crippen molar-refractivity contribution < 1.29 is 9.21 Å². The second-order valence-corrected chi connectivity index (χ2v) is 6.04. The molecule has 0 unspecified atom stereocenters. The molecule has 1 heterocycles. The number of carbonyl (C=O) groups excluding carboxylic acids is 1. The van der Waals surface area contributed by atoms with Gasteiger partial charge in [-0.3, -0.25) is 4.79 Å². The predicted octanol–water partition coefficient (Wildman–Crippen LogP) is 4.07. The Morgan fingerprint density at radius 3 is 2.67 bits per heavy atom. The first kappa shape index (κ1) is 16.2. The van der Waals surface area contributed by atoms with E-state index < -0.39 is 0 Å². The van der Waals surface area contributed by atoms with E-state index in [2.05, 4.69) is 29.4 Å². The largest absolute Gasteiger partial charge is 0.441 e. The van der Waals surface area contributed by atoms with Gasteiger partial charge in [-0.1, -0.05) is 49.4 Å². The summed E-state index contributed by atoms with van der Waals surface area (Å²) in [6, 6.07) is 17.9. The van der Waals surface area contributed by atoms with E-state index in [1.165, 1.54) is 5.56 Å². The summed E-state index contributed by atoms with van der Waals surface area (Å²) >= 11 is 0. The van der Waals surface area contributed by atoms with Crippen molar-refractivity contribution in [2.75, 3.05) is 6.54 Å². The zero-order chi connectivity index (χ0) is 16.8. The number of aromatic nitrogens is 1. The Morgan fingerprint density at radius 2 is 1.88 bits per heavy atom. The third-order valence-electron chi connectivity index (χ3n) is 4.11. The molecule has 4 heteroatoms. The smallest absolute Gasteiger partial charge is 0.220 e. The van der Waals surface area contributed by atoms with Crippen LogP contribution in [0.15, 0.2) is 59.0 Å². The molecule has 0 bridgehead atoms. The summed E-state index contributed by atoms with van der Waals surface area (Å²) in [4.78, 5) is 16.4. The number of nitrogens with one attached hydrogen (secondary N) is 1. The summed E-state index contributed by atoms with van der Waals surface area (Å²) in [5.41, 5.74) is 2.91. The van der Waals surface area contributed by atoms with Gasteiger partial charge in [-0.25, -0.2) is 4.98 Å². The molecule has 3 rings (SSSR count). The van der Waals surface area contributed by atoms with Gasteiger partial charge in [0.2, 0.25) is 5.91 Å². The van der Waals surface area contributed by atoms with Crippen LogP contribution in [0.2, 0.25) is 0 Å². The minimum absolute atomic E-state index is 0.0777. The molecule has 0 saturated heterocycles. The zero-order valence-corrected chi connectivity index (χ0v) is 13.9. The van der Waals surface area contributed by atoms with Crippen LogP contribution in [0.4, 0.5) is 0 Å². The van der Waals surface area contributed by atoms with E-state index in [0.717, 1.165) is 17.5 Å². The number of hydrogen-bond donors (Lipinski definition) is 1. The number of carbonyl (C=O) groups is 1. The van der Waals surface area contributed by atoms with Crippen LogP contribution in [-0.2, 0) is 11.2 Å². The molecule has 0 saturated carbocycles. The number of rotatable bonds is 7. The lowest BCUT2D eigenvalue weighted by molar-refractivity contribution is -0.121. The molecule has 0 fully saturated rings. The van der Waals surface area contributed by atoms with Crippen molar-refractivity contribution in [1.82, 2.24) is 10.3 Å². The Morgan fingerprint density at radius 1 is 1.12 bits per heavy atom. The molecule has 1 amide bonds. The van der Waals surface area contributed by atoms with E-state index in [4.69, 9.17) is 4.42 Å². The number of amides is 1. The number of oxazole rings is 1. The van der Waals surface area contributed by atoms with Crippen LogP contribution < -0.4 is 5.32 Å². The van der Waals surface area contributed by atoms with Crippen LogP contribution in [0.3, 0.4) is 0 Å². The van der Waals surface area contributed by atoms with E-state index >= 15 is 0 Å². The highest BCUT2D eigenvalue weighted by Crippen LogP contribution is 2.16. The molecule has 0 radical (unpaired) electrons. The monoisotopic (exact) mass is 322 g/mol. The number of nitrogens with zero attached hydrogens (tertiary/aromatic N) is 1. The van der Waals surface area contributed by atoms with E-state index in [0.29, 0.717) is 31.2 Å². The molecular formula is C20H22N2O2. The summed E-state index contributed by atoms with van der Waals surface area (Å²) in [5, 5.41) is 3.00. The van der Waals surface area contributed by atoms with Crippen LogP contribution >= 0.6 is 0 Å². The van der Waals surface area contributed by atoms with Crippen LogP contribution in [0, 0.1) is 0 Å². The van der Waals surface area contributed by atoms with Crippen LogP contribution in [0.5, 0.6) is 0 Å². The minimum atomic E-state index is 0.0777. The number of aryl methyl sites for hydroxylation is 1. The normalized spacial score (nSPS) is 12.2. The highest BCUT2D eigenvalue weighted by molar-refractivity contribution is 5.76. The van der Waals surface area contributed by atoms with Gasteiger partial charge in [-0.05, 0) is 30.0 Å². The van der Waals surface area contributed by atoms with Gasteiger partial charge in [0.15, 0.2) is 11.5 Å². The van der Waals surface area contributed by atoms with Crippen LogP contribution in [0.25, 0.3) is 11.1 Å². The van der Waals surface area contributed by atoms with Crippen molar-refractivity contribution in [3.05, 3.63) is 66.1 Å². The maximum absolute atomic E-state index is 12.0. The Balaban J connectivity index is 1.41. The fraction of sp³-hybridized carbons (Fsp3) is 0.300. The highest BCUT2D eigenvalue weighted by Gasteiger charge is 2.09.